The van der Waals surface area contributed by atoms with E-state index >= 15 is 0 Å². The molecule has 0 aliphatic heterocycles. The molecule has 0 fully saturated rings. The zero-order chi connectivity index (χ0) is 53.4. The zero-order valence-electron chi connectivity index (χ0n) is 46.0. The van der Waals surface area contributed by atoms with Gasteiger partial charge in [-0.3, -0.25) is 9.97 Å². The Morgan fingerprint density at radius 3 is 0.921 bits per heavy atom. The maximum absolute atomic E-state index is 6.19. The van der Waals surface area contributed by atoms with Gasteiger partial charge in [-0.15, -0.1) is 12.8 Å². The van der Waals surface area contributed by atoms with Gasteiger partial charge < -0.3 is 18.9 Å². The highest BCUT2D eigenvalue weighted by Crippen LogP contribution is 2.28. The van der Waals surface area contributed by atoms with Crippen molar-refractivity contribution in [3.63, 3.8) is 0 Å². The van der Waals surface area contributed by atoms with E-state index in [-0.39, 0.29) is 0 Å². The lowest BCUT2D eigenvalue weighted by Crippen LogP contribution is -1.98. The highest BCUT2D eigenvalue weighted by molar-refractivity contribution is 5.71. The van der Waals surface area contributed by atoms with Crippen LogP contribution in [-0.4, -0.2) is 36.4 Å². The predicted molar refractivity (Wildman–Crippen MR) is 314 cm³/mol. The summed E-state index contributed by atoms with van der Waals surface area (Å²) in [7, 11) is 0. The number of nitrogens with zero attached hydrogens (tertiary/aromatic N) is 2. The van der Waals surface area contributed by atoms with Gasteiger partial charge in [-0.2, -0.15) is 0 Å². The molecule has 4 aromatic carbocycles. The van der Waals surface area contributed by atoms with Gasteiger partial charge in [0.25, 0.3) is 0 Å². The average Bonchev–Trinajstić information content (AvgIpc) is 3.46. The van der Waals surface area contributed by atoms with Gasteiger partial charge in [0.1, 0.15) is 0 Å². The van der Waals surface area contributed by atoms with Gasteiger partial charge in [0.05, 0.1) is 37.8 Å². The Morgan fingerprint density at radius 1 is 0.329 bits per heavy atom. The molecule has 0 amide bonds. The van der Waals surface area contributed by atoms with E-state index < -0.39 is 0 Å². The molecular formula is C70H80N2O4. The second-order valence-electron chi connectivity index (χ2n) is 19.8. The lowest BCUT2D eigenvalue weighted by Gasteiger charge is -2.10. The minimum atomic E-state index is 0.502. The van der Waals surface area contributed by atoms with Crippen molar-refractivity contribution in [2.24, 2.45) is 0 Å². The van der Waals surface area contributed by atoms with E-state index in [1.54, 1.807) is 0 Å². The quantitative estimate of drug-likeness (QED) is 0.0319. The molecular weight excluding hydrogens is 933 g/mol. The Bertz CT molecular complexity index is 2720. The van der Waals surface area contributed by atoms with Crippen molar-refractivity contribution in [3.8, 4) is 82.0 Å². The summed E-state index contributed by atoms with van der Waals surface area (Å²) in [5.74, 6) is 19.3. The van der Waals surface area contributed by atoms with Crippen LogP contribution in [0.2, 0.25) is 0 Å². The van der Waals surface area contributed by atoms with Crippen LogP contribution < -0.4 is 0 Å². The molecule has 0 bridgehead atoms. The summed E-state index contributed by atoms with van der Waals surface area (Å²) in [6, 6.07) is 33.2. The second kappa shape index (κ2) is 34.0. The Hall–Kier alpha value is -6.74. The number of aromatic nitrogens is 2. The van der Waals surface area contributed by atoms with Gasteiger partial charge in [0.15, 0.2) is 0 Å². The van der Waals surface area contributed by atoms with Crippen LogP contribution >= 0.6 is 0 Å². The highest BCUT2D eigenvalue weighted by atomic mass is 16.5. The first-order valence-electron chi connectivity index (χ1n) is 28.2. The van der Waals surface area contributed by atoms with Gasteiger partial charge in [0, 0.05) is 83.3 Å². The minimum absolute atomic E-state index is 0.502. The number of pyridine rings is 2. The van der Waals surface area contributed by atoms with Crippen LogP contribution in [0.1, 0.15) is 186 Å². The van der Waals surface area contributed by atoms with Crippen molar-refractivity contribution in [1.29, 1.82) is 0 Å². The van der Waals surface area contributed by atoms with Gasteiger partial charge in [-0.25, -0.2) is 0 Å². The van der Waals surface area contributed by atoms with Crippen molar-refractivity contribution >= 4 is 0 Å². The van der Waals surface area contributed by atoms with Crippen LogP contribution in [0, 0.1) is 48.4 Å². The molecule has 2 heterocycles. The fraction of sp³-hybridized carbons (Fsp3) is 0.400. The molecule has 0 saturated carbocycles. The molecule has 0 radical (unpaired) electrons. The van der Waals surface area contributed by atoms with Crippen LogP contribution in [0.25, 0.3) is 33.6 Å². The lowest BCUT2D eigenvalue weighted by molar-refractivity contribution is 0.116. The topological polar surface area (TPSA) is 62.7 Å². The summed E-state index contributed by atoms with van der Waals surface area (Å²) in [6.45, 7) is 13.8. The largest absolute Gasteiger partial charge is 0.377 e. The number of unbranched alkanes of at least 4 members (excludes halogenated alkanes) is 12. The fourth-order valence-electron chi connectivity index (χ4n) is 8.89. The molecule has 0 saturated heterocycles. The van der Waals surface area contributed by atoms with E-state index in [1.165, 1.54) is 77.0 Å². The van der Waals surface area contributed by atoms with Gasteiger partial charge in [-0.05, 0) is 144 Å². The Balaban J connectivity index is 1.21. The minimum Gasteiger partial charge on any atom is -0.377 e. The molecule has 0 spiro atoms. The van der Waals surface area contributed by atoms with Crippen molar-refractivity contribution in [1.82, 2.24) is 9.97 Å². The third kappa shape index (κ3) is 20.8. The summed E-state index contributed by atoms with van der Waals surface area (Å²) in [4.78, 5) is 9.87. The number of hydrogen-bond donors (Lipinski definition) is 0. The molecule has 0 aliphatic carbocycles. The van der Waals surface area contributed by atoms with Gasteiger partial charge >= 0.3 is 0 Å². The first-order valence-corrected chi connectivity index (χ1v) is 28.2. The number of ether oxygens (including phenoxy) is 4. The zero-order valence-corrected chi connectivity index (χ0v) is 46.0. The van der Waals surface area contributed by atoms with E-state index in [1.807, 2.05) is 48.8 Å². The van der Waals surface area contributed by atoms with Crippen LogP contribution in [0.3, 0.4) is 0 Å². The number of hydrogen-bond acceptors (Lipinski definition) is 6. The Morgan fingerprint density at radius 2 is 0.632 bits per heavy atom. The monoisotopic (exact) mass is 1010 g/mol. The molecule has 6 rings (SSSR count). The summed E-state index contributed by atoms with van der Waals surface area (Å²) < 4.78 is 24.4. The number of terminal acetylenes is 2. The van der Waals surface area contributed by atoms with E-state index in [0.717, 1.165) is 141 Å². The predicted octanol–water partition coefficient (Wildman–Crippen LogP) is 16.6. The smallest absolute Gasteiger partial charge is 0.0886 e. The van der Waals surface area contributed by atoms with Crippen LogP contribution in [0.4, 0.5) is 0 Å². The second-order valence-corrected chi connectivity index (χ2v) is 19.8. The summed E-state index contributed by atoms with van der Waals surface area (Å²) >= 11 is 0. The SMILES string of the molecule is C#Cc1cc(C#Cc2cc(COCCCCCC)cc(-c3ccc(-c4ccc(-c5cc(C#Cc6cc(C#C)cc(COCCCCCC)c6)cc(COCCCCCC)c5)cn4)nc3)c2)cc(COCCCCCC)c1. The van der Waals surface area contributed by atoms with Crippen LogP contribution in [-0.2, 0) is 45.4 Å². The van der Waals surface area contributed by atoms with E-state index in [9.17, 15) is 0 Å². The third-order valence-corrected chi connectivity index (χ3v) is 13.1. The third-order valence-electron chi connectivity index (χ3n) is 13.1. The van der Waals surface area contributed by atoms with Gasteiger partial charge in [-0.1, -0.05) is 152 Å². The average molecular weight is 1010 g/mol. The van der Waals surface area contributed by atoms with E-state index in [2.05, 4.69) is 124 Å². The van der Waals surface area contributed by atoms with Crippen molar-refractivity contribution in [2.75, 3.05) is 26.4 Å². The molecule has 6 nitrogen and oxygen atoms in total. The Labute approximate surface area is 457 Å². The number of benzene rings is 4. The summed E-state index contributed by atoms with van der Waals surface area (Å²) in [5, 5.41) is 0. The van der Waals surface area contributed by atoms with Crippen LogP contribution in [0.15, 0.2) is 109 Å². The van der Waals surface area contributed by atoms with Crippen molar-refractivity contribution in [3.05, 3.63) is 165 Å². The maximum atomic E-state index is 6.19. The lowest BCUT2D eigenvalue weighted by atomic mass is 9.99. The normalized spacial score (nSPS) is 10.8. The molecule has 0 atom stereocenters. The fourth-order valence-corrected chi connectivity index (χ4v) is 8.89. The summed E-state index contributed by atoms with van der Waals surface area (Å²) in [5.41, 5.74) is 14.8. The molecule has 0 N–H and O–H groups in total. The first-order chi connectivity index (χ1) is 37.4. The molecule has 394 valence electrons. The molecule has 0 aliphatic rings. The highest BCUT2D eigenvalue weighted by Gasteiger charge is 2.10. The molecule has 2 aromatic heterocycles. The Kier molecular flexibility index (Phi) is 26.2. The van der Waals surface area contributed by atoms with Crippen molar-refractivity contribution < 1.29 is 18.9 Å². The van der Waals surface area contributed by atoms with E-state index in [0.29, 0.717) is 26.4 Å². The molecule has 0 unspecified atom stereocenters. The van der Waals surface area contributed by atoms with Crippen LogP contribution in [0.5, 0.6) is 0 Å². The number of rotatable bonds is 31. The first kappa shape index (κ1) is 58.5. The van der Waals surface area contributed by atoms with E-state index in [4.69, 9.17) is 41.8 Å². The molecule has 6 aromatic rings. The molecule has 6 heteroatoms. The molecule has 76 heavy (non-hydrogen) atoms. The van der Waals surface area contributed by atoms with Crippen molar-refractivity contribution in [2.45, 2.75) is 157 Å². The standard InChI is InChI=1S/C70H80N2O4/c1-7-13-17-21-33-73-51-61-39-55(11-5)37-57(41-61)25-27-59-43-63(53-75-35-23-19-15-9-3)47-67(45-59)65-29-31-69(71-49-65)70-32-30-66(50-72-70)68-46-60(44-64(48-68)54-76-36-24-20-16-10-4)28-26-58-38-56(12-6)40-62(42-58)52-74-34-22-18-14-8-2/h5-6,29-32,37-50H,7-10,13-24,33-36,51-54H2,1-4H3. The maximum Gasteiger partial charge on any atom is 0.0886 e. The summed E-state index contributed by atoms with van der Waals surface area (Å²) in [6.07, 6.45) is 34.2. The van der Waals surface area contributed by atoms with Gasteiger partial charge in [0.2, 0.25) is 0 Å².